The summed E-state index contributed by atoms with van der Waals surface area (Å²) in [5, 5.41) is 11.0. The smallest absolute Gasteiger partial charge is 0.263 e. The summed E-state index contributed by atoms with van der Waals surface area (Å²) in [5.41, 5.74) is 3.04. The molecule has 1 heterocycles. The van der Waals surface area contributed by atoms with Crippen LogP contribution < -0.4 is 4.72 Å². The highest BCUT2D eigenvalue weighted by Crippen LogP contribution is 2.33. The molecular weight excluding hydrogens is 374 g/mol. The Hall–Kier alpha value is -0.890. The molecule has 0 saturated heterocycles. The van der Waals surface area contributed by atoms with Gasteiger partial charge >= 0.3 is 0 Å². The highest BCUT2D eigenvalue weighted by Gasteiger charge is 2.24. The fourth-order valence-electron chi connectivity index (χ4n) is 2.19. The summed E-state index contributed by atoms with van der Waals surface area (Å²) >= 11 is 4.64. The van der Waals surface area contributed by atoms with Crippen LogP contribution in [-0.2, 0) is 16.6 Å². The zero-order valence-corrected chi connectivity index (χ0v) is 15.1. The van der Waals surface area contributed by atoms with Crippen LogP contribution in [0.4, 0.5) is 5.69 Å². The average Bonchev–Trinajstić information content (AvgIpc) is 2.76. The number of halogens is 1. The third-order valence-corrected chi connectivity index (χ3v) is 6.49. The number of aliphatic hydroxyl groups is 1. The third-order valence-electron chi connectivity index (χ3n) is 3.07. The molecule has 0 aliphatic carbocycles. The van der Waals surface area contributed by atoms with Crippen molar-refractivity contribution in [2.75, 3.05) is 4.72 Å². The minimum absolute atomic E-state index is 0.168. The number of aliphatic hydroxyl groups excluding tert-OH is 1. The first-order chi connectivity index (χ1) is 9.76. The Labute approximate surface area is 137 Å². The Morgan fingerprint density at radius 3 is 2.48 bits per heavy atom. The number of hydrogen-bond acceptors (Lipinski definition) is 4. The van der Waals surface area contributed by atoms with E-state index >= 15 is 0 Å². The maximum atomic E-state index is 12.6. The van der Waals surface area contributed by atoms with Crippen LogP contribution in [0.5, 0.6) is 0 Å². The maximum absolute atomic E-state index is 12.6. The van der Waals surface area contributed by atoms with Gasteiger partial charge in [-0.3, -0.25) is 4.72 Å². The monoisotopic (exact) mass is 389 g/mol. The van der Waals surface area contributed by atoms with Gasteiger partial charge in [-0.15, -0.1) is 11.3 Å². The van der Waals surface area contributed by atoms with Crippen molar-refractivity contribution in [3.05, 3.63) is 43.6 Å². The lowest BCUT2D eigenvalue weighted by Gasteiger charge is -2.14. The first-order valence-electron chi connectivity index (χ1n) is 6.23. The molecule has 0 fully saturated rings. The molecule has 0 amide bonds. The maximum Gasteiger partial charge on any atom is 0.263 e. The molecular formula is C14H16BrNO3S2. The van der Waals surface area contributed by atoms with Gasteiger partial charge in [0.15, 0.2) is 0 Å². The van der Waals surface area contributed by atoms with E-state index in [1.54, 1.807) is 12.3 Å². The zero-order valence-electron chi connectivity index (χ0n) is 11.9. The lowest BCUT2D eigenvalue weighted by Crippen LogP contribution is -2.16. The number of hydrogen-bond donors (Lipinski definition) is 2. The Morgan fingerprint density at radius 1 is 1.24 bits per heavy atom. The second kappa shape index (κ2) is 6.08. The van der Waals surface area contributed by atoms with E-state index in [2.05, 4.69) is 20.7 Å². The first-order valence-corrected chi connectivity index (χ1v) is 9.39. The van der Waals surface area contributed by atoms with Crippen LogP contribution in [0.2, 0.25) is 0 Å². The minimum Gasteiger partial charge on any atom is -0.391 e. The molecule has 114 valence electrons. The summed E-state index contributed by atoms with van der Waals surface area (Å²) in [6.07, 6.45) is 0. The Balaban J connectivity index is 2.50. The van der Waals surface area contributed by atoms with Crippen LogP contribution >= 0.6 is 27.3 Å². The van der Waals surface area contributed by atoms with Crippen molar-refractivity contribution in [2.24, 2.45) is 0 Å². The Bertz CT molecular complexity index is 759. The summed E-state index contributed by atoms with van der Waals surface area (Å²) in [4.78, 5) is 0.614. The number of rotatable bonds is 4. The van der Waals surface area contributed by atoms with Gasteiger partial charge in [0.05, 0.1) is 17.2 Å². The fourth-order valence-corrected chi connectivity index (χ4v) is 5.91. The second-order valence-electron chi connectivity index (χ2n) is 4.87. The second-order valence-corrected chi connectivity index (χ2v) is 8.31. The number of nitrogens with one attached hydrogen (secondary N) is 1. The fraction of sp³-hybridized carbons (Fsp3) is 0.286. The third kappa shape index (κ3) is 3.31. The van der Waals surface area contributed by atoms with Gasteiger partial charge in [0.2, 0.25) is 0 Å². The summed E-state index contributed by atoms with van der Waals surface area (Å²) < 4.78 is 28.5. The molecule has 2 aromatic rings. The SMILES string of the molecule is Cc1cc(C)c(NS(=O)(=O)c2c(C)csc2CO)c(Br)c1. The molecule has 0 spiro atoms. The zero-order chi connectivity index (χ0) is 15.8. The van der Waals surface area contributed by atoms with Crippen molar-refractivity contribution in [1.82, 2.24) is 0 Å². The molecule has 1 aromatic heterocycles. The number of thiophene rings is 1. The van der Waals surface area contributed by atoms with E-state index in [1.165, 1.54) is 11.3 Å². The van der Waals surface area contributed by atoms with Crippen molar-refractivity contribution < 1.29 is 13.5 Å². The lowest BCUT2D eigenvalue weighted by atomic mass is 10.1. The molecule has 0 atom stereocenters. The quantitative estimate of drug-likeness (QED) is 0.836. The predicted octanol–water partition coefficient (Wildman–Crippen LogP) is 3.73. The molecule has 7 heteroatoms. The van der Waals surface area contributed by atoms with Crippen LogP contribution in [0.3, 0.4) is 0 Å². The van der Waals surface area contributed by atoms with Gasteiger partial charge < -0.3 is 5.11 Å². The van der Waals surface area contributed by atoms with E-state index < -0.39 is 10.0 Å². The standard InChI is InChI=1S/C14H16BrNO3S2/c1-8-4-9(2)13(11(15)5-8)16-21(18,19)14-10(3)7-20-12(14)6-17/h4-5,7,16-17H,6H2,1-3H3. The van der Waals surface area contributed by atoms with Crippen molar-refractivity contribution in [3.8, 4) is 0 Å². The molecule has 0 unspecified atom stereocenters. The van der Waals surface area contributed by atoms with Crippen LogP contribution in [0.25, 0.3) is 0 Å². The van der Waals surface area contributed by atoms with E-state index in [9.17, 15) is 13.5 Å². The molecule has 0 aliphatic rings. The lowest BCUT2D eigenvalue weighted by molar-refractivity contribution is 0.282. The van der Waals surface area contributed by atoms with Gasteiger partial charge in [-0.25, -0.2) is 8.42 Å². The van der Waals surface area contributed by atoms with E-state index in [1.807, 2.05) is 26.0 Å². The van der Waals surface area contributed by atoms with Crippen molar-refractivity contribution in [3.63, 3.8) is 0 Å². The molecule has 0 radical (unpaired) electrons. The number of benzene rings is 1. The van der Waals surface area contributed by atoms with Crippen LogP contribution in [0.15, 0.2) is 26.9 Å². The normalized spacial score (nSPS) is 11.7. The molecule has 0 aliphatic heterocycles. The van der Waals surface area contributed by atoms with Crippen LogP contribution in [0, 0.1) is 20.8 Å². The summed E-state index contributed by atoms with van der Waals surface area (Å²) in [6.45, 7) is 5.23. The predicted molar refractivity (Wildman–Crippen MR) is 89.4 cm³/mol. The van der Waals surface area contributed by atoms with Gasteiger partial charge in [-0.05, 0) is 64.8 Å². The summed E-state index contributed by atoms with van der Waals surface area (Å²) in [5.74, 6) is 0. The average molecular weight is 390 g/mol. The molecule has 1 aromatic carbocycles. The Morgan fingerprint density at radius 2 is 1.90 bits per heavy atom. The largest absolute Gasteiger partial charge is 0.391 e. The minimum atomic E-state index is -3.73. The van der Waals surface area contributed by atoms with E-state index in [4.69, 9.17) is 0 Å². The molecule has 21 heavy (non-hydrogen) atoms. The van der Waals surface area contributed by atoms with Crippen LogP contribution in [-0.4, -0.2) is 13.5 Å². The molecule has 2 N–H and O–H groups in total. The topological polar surface area (TPSA) is 66.4 Å². The molecule has 4 nitrogen and oxygen atoms in total. The van der Waals surface area contributed by atoms with E-state index in [0.29, 0.717) is 20.6 Å². The van der Waals surface area contributed by atoms with E-state index in [-0.39, 0.29) is 11.5 Å². The first kappa shape index (κ1) is 16.5. The van der Waals surface area contributed by atoms with Gasteiger partial charge in [-0.1, -0.05) is 6.07 Å². The van der Waals surface area contributed by atoms with Gasteiger partial charge in [-0.2, -0.15) is 0 Å². The van der Waals surface area contributed by atoms with E-state index in [0.717, 1.165) is 11.1 Å². The van der Waals surface area contributed by atoms with Gasteiger partial charge in [0.25, 0.3) is 10.0 Å². The van der Waals surface area contributed by atoms with Gasteiger partial charge in [0.1, 0.15) is 4.90 Å². The molecule has 0 bridgehead atoms. The number of aryl methyl sites for hydroxylation is 3. The summed E-state index contributed by atoms with van der Waals surface area (Å²) in [6, 6.07) is 3.77. The Kier molecular flexibility index (Phi) is 4.77. The van der Waals surface area contributed by atoms with Crippen molar-refractivity contribution >= 4 is 43.0 Å². The highest BCUT2D eigenvalue weighted by atomic mass is 79.9. The molecule has 2 rings (SSSR count). The molecule has 0 saturated carbocycles. The number of anilines is 1. The summed E-state index contributed by atoms with van der Waals surface area (Å²) in [7, 11) is -3.73. The van der Waals surface area contributed by atoms with Crippen molar-refractivity contribution in [1.29, 1.82) is 0 Å². The van der Waals surface area contributed by atoms with Gasteiger partial charge in [0, 0.05) is 4.47 Å². The highest BCUT2D eigenvalue weighted by molar-refractivity contribution is 9.10. The van der Waals surface area contributed by atoms with Crippen molar-refractivity contribution in [2.45, 2.75) is 32.3 Å². The number of sulfonamides is 1. The van der Waals surface area contributed by atoms with Crippen LogP contribution in [0.1, 0.15) is 21.6 Å².